The van der Waals surface area contributed by atoms with Gasteiger partial charge in [0, 0.05) is 5.69 Å². The van der Waals surface area contributed by atoms with Crippen LogP contribution < -0.4 is 15.4 Å². The molecule has 0 heterocycles. The molecule has 2 aromatic carbocycles. The van der Waals surface area contributed by atoms with E-state index in [9.17, 15) is 9.59 Å². The summed E-state index contributed by atoms with van der Waals surface area (Å²) in [7, 11) is 1.56. The highest BCUT2D eigenvalue weighted by atomic mass is 16.5. The van der Waals surface area contributed by atoms with E-state index in [-0.39, 0.29) is 11.8 Å². The van der Waals surface area contributed by atoms with Crippen LogP contribution in [0.1, 0.15) is 29.5 Å². The maximum absolute atomic E-state index is 12.8. The number of methoxy groups -OCH3 is 1. The number of hydrogen-bond donors (Lipinski definition) is 2. The molecule has 0 bridgehead atoms. The summed E-state index contributed by atoms with van der Waals surface area (Å²) in [5, 5.41) is 5.80. The molecule has 2 aromatic rings. The van der Waals surface area contributed by atoms with Crippen molar-refractivity contribution in [1.82, 2.24) is 0 Å². The van der Waals surface area contributed by atoms with E-state index in [2.05, 4.69) is 10.6 Å². The van der Waals surface area contributed by atoms with E-state index in [0.29, 0.717) is 24.3 Å². The molecule has 2 N–H and O–H groups in total. The smallest absolute Gasteiger partial charge is 0.240 e. The van der Waals surface area contributed by atoms with Crippen molar-refractivity contribution in [2.75, 3.05) is 17.7 Å². The highest BCUT2D eigenvalue weighted by Gasteiger charge is 2.56. The molecule has 0 saturated heterocycles. The van der Waals surface area contributed by atoms with Crippen molar-refractivity contribution in [3.63, 3.8) is 0 Å². The summed E-state index contributed by atoms with van der Waals surface area (Å²) in [5.41, 5.74) is 3.37. The number of aryl methyl sites for hydroxylation is 3. The van der Waals surface area contributed by atoms with Crippen molar-refractivity contribution in [3.05, 3.63) is 53.1 Å². The predicted molar refractivity (Wildman–Crippen MR) is 103 cm³/mol. The Kier molecular flexibility index (Phi) is 4.72. The number of ether oxygens (including phenoxy) is 1. The predicted octanol–water partition coefficient (Wildman–Crippen LogP) is 3.98. The van der Waals surface area contributed by atoms with Crippen LogP contribution in [0.2, 0.25) is 0 Å². The van der Waals surface area contributed by atoms with E-state index >= 15 is 0 Å². The maximum atomic E-state index is 12.8. The first kappa shape index (κ1) is 18.0. The zero-order valence-corrected chi connectivity index (χ0v) is 15.6. The normalized spacial score (nSPS) is 14.5. The van der Waals surface area contributed by atoms with Gasteiger partial charge in [-0.3, -0.25) is 9.59 Å². The Morgan fingerprint density at radius 1 is 0.885 bits per heavy atom. The van der Waals surface area contributed by atoms with Gasteiger partial charge in [0.05, 0.1) is 12.8 Å². The van der Waals surface area contributed by atoms with Crippen LogP contribution in [0, 0.1) is 26.2 Å². The molecule has 0 atom stereocenters. The lowest BCUT2D eigenvalue weighted by atomic mass is 10.0. The van der Waals surface area contributed by atoms with Crippen LogP contribution >= 0.6 is 0 Å². The Bertz CT molecular complexity index is 870. The van der Waals surface area contributed by atoms with Gasteiger partial charge in [-0.25, -0.2) is 0 Å². The minimum absolute atomic E-state index is 0.254. The lowest BCUT2D eigenvalue weighted by Gasteiger charge is -2.18. The topological polar surface area (TPSA) is 67.4 Å². The molecule has 1 aliphatic rings. The van der Waals surface area contributed by atoms with Crippen LogP contribution in [0.4, 0.5) is 11.4 Å². The van der Waals surface area contributed by atoms with Crippen LogP contribution in [0.25, 0.3) is 0 Å². The standard InChI is InChI=1S/C21H24N2O3/c1-13-5-7-15(3)16(11-13)22-19(24)21(9-10-21)20(25)23-17-12-14(2)6-8-18(17)26-4/h5-8,11-12H,9-10H2,1-4H3,(H,22,24)(H,23,25). The van der Waals surface area contributed by atoms with Gasteiger partial charge in [0.2, 0.25) is 11.8 Å². The van der Waals surface area contributed by atoms with Crippen LogP contribution in [-0.2, 0) is 9.59 Å². The van der Waals surface area contributed by atoms with Gasteiger partial charge >= 0.3 is 0 Å². The van der Waals surface area contributed by atoms with Crippen molar-refractivity contribution >= 4 is 23.2 Å². The molecule has 3 rings (SSSR count). The van der Waals surface area contributed by atoms with Gasteiger partial charge in [0.15, 0.2) is 0 Å². The molecule has 0 aromatic heterocycles. The summed E-state index contributed by atoms with van der Waals surface area (Å²) in [6.45, 7) is 5.85. The first-order valence-electron chi connectivity index (χ1n) is 8.70. The Hall–Kier alpha value is -2.82. The highest BCUT2D eigenvalue weighted by molar-refractivity contribution is 6.17. The molecule has 2 amide bonds. The minimum atomic E-state index is -1.01. The third-order valence-electron chi connectivity index (χ3n) is 4.86. The monoisotopic (exact) mass is 352 g/mol. The first-order chi connectivity index (χ1) is 12.4. The second kappa shape index (κ2) is 6.83. The van der Waals surface area contributed by atoms with Gasteiger partial charge in [-0.05, 0) is 68.5 Å². The van der Waals surface area contributed by atoms with Gasteiger partial charge in [0.25, 0.3) is 0 Å². The lowest BCUT2D eigenvalue weighted by molar-refractivity contribution is -0.131. The number of rotatable bonds is 5. The number of hydrogen-bond acceptors (Lipinski definition) is 3. The molecule has 1 saturated carbocycles. The summed E-state index contributed by atoms with van der Waals surface area (Å²) in [6, 6.07) is 11.4. The second-order valence-corrected chi connectivity index (χ2v) is 7.01. The molecule has 0 aliphatic heterocycles. The number of nitrogens with one attached hydrogen (secondary N) is 2. The molecule has 136 valence electrons. The van der Waals surface area contributed by atoms with E-state index in [0.717, 1.165) is 22.4 Å². The SMILES string of the molecule is COc1ccc(C)cc1NC(=O)C1(C(=O)Nc2cc(C)ccc2C)CC1. The van der Waals surface area contributed by atoms with E-state index in [1.54, 1.807) is 13.2 Å². The van der Waals surface area contributed by atoms with Crippen LogP contribution in [0.3, 0.4) is 0 Å². The van der Waals surface area contributed by atoms with Crippen molar-refractivity contribution in [3.8, 4) is 5.75 Å². The van der Waals surface area contributed by atoms with Crippen molar-refractivity contribution in [1.29, 1.82) is 0 Å². The Labute approximate surface area is 153 Å². The average Bonchev–Trinajstić information content (AvgIpc) is 3.40. The van der Waals surface area contributed by atoms with Gasteiger partial charge in [-0.1, -0.05) is 18.2 Å². The van der Waals surface area contributed by atoms with E-state index in [1.165, 1.54) is 0 Å². The van der Waals surface area contributed by atoms with E-state index < -0.39 is 5.41 Å². The number of carbonyl (C=O) groups is 2. The van der Waals surface area contributed by atoms with Crippen LogP contribution in [-0.4, -0.2) is 18.9 Å². The van der Waals surface area contributed by atoms with Gasteiger partial charge < -0.3 is 15.4 Å². The number of amides is 2. The van der Waals surface area contributed by atoms with E-state index in [1.807, 2.05) is 51.1 Å². The third-order valence-corrected chi connectivity index (χ3v) is 4.86. The molecular weight excluding hydrogens is 328 g/mol. The van der Waals surface area contributed by atoms with Gasteiger partial charge in [-0.15, -0.1) is 0 Å². The molecule has 0 spiro atoms. The number of carbonyl (C=O) groups excluding carboxylic acids is 2. The molecule has 1 fully saturated rings. The summed E-state index contributed by atoms with van der Waals surface area (Å²) in [6.07, 6.45) is 1.09. The number of benzene rings is 2. The van der Waals surface area contributed by atoms with Gasteiger partial charge in [-0.2, -0.15) is 0 Å². The summed E-state index contributed by atoms with van der Waals surface area (Å²) >= 11 is 0. The van der Waals surface area contributed by atoms with Crippen LogP contribution in [0.15, 0.2) is 36.4 Å². The quantitative estimate of drug-likeness (QED) is 0.800. The fourth-order valence-electron chi connectivity index (χ4n) is 2.96. The van der Waals surface area contributed by atoms with Gasteiger partial charge in [0.1, 0.15) is 11.2 Å². The lowest BCUT2D eigenvalue weighted by Crippen LogP contribution is -2.36. The zero-order chi connectivity index (χ0) is 18.9. The largest absolute Gasteiger partial charge is 0.495 e. The minimum Gasteiger partial charge on any atom is -0.495 e. The summed E-state index contributed by atoms with van der Waals surface area (Å²) in [4.78, 5) is 25.6. The Morgan fingerprint density at radius 3 is 2.00 bits per heavy atom. The van der Waals surface area contributed by atoms with Crippen molar-refractivity contribution in [2.24, 2.45) is 5.41 Å². The average molecular weight is 352 g/mol. The van der Waals surface area contributed by atoms with Crippen molar-refractivity contribution < 1.29 is 14.3 Å². The Morgan fingerprint density at radius 2 is 1.42 bits per heavy atom. The molecule has 0 unspecified atom stereocenters. The van der Waals surface area contributed by atoms with Crippen LogP contribution in [0.5, 0.6) is 5.75 Å². The first-order valence-corrected chi connectivity index (χ1v) is 8.70. The fraction of sp³-hybridized carbons (Fsp3) is 0.333. The molecule has 5 nitrogen and oxygen atoms in total. The molecule has 1 aliphatic carbocycles. The molecule has 0 radical (unpaired) electrons. The molecule has 5 heteroatoms. The fourth-order valence-corrected chi connectivity index (χ4v) is 2.96. The zero-order valence-electron chi connectivity index (χ0n) is 15.6. The molecule has 26 heavy (non-hydrogen) atoms. The number of anilines is 2. The summed E-state index contributed by atoms with van der Waals surface area (Å²) < 4.78 is 5.30. The highest BCUT2D eigenvalue weighted by Crippen LogP contribution is 2.48. The maximum Gasteiger partial charge on any atom is 0.240 e. The summed E-state index contributed by atoms with van der Waals surface area (Å²) in [5.74, 6) is 0.0363. The second-order valence-electron chi connectivity index (χ2n) is 7.01. The van der Waals surface area contributed by atoms with E-state index in [4.69, 9.17) is 4.74 Å². The Balaban J connectivity index is 1.78. The molecular formula is C21H24N2O3. The third kappa shape index (κ3) is 3.43. The van der Waals surface area contributed by atoms with Crippen molar-refractivity contribution in [2.45, 2.75) is 33.6 Å².